The summed E-state index contributed by atoms with van der Waals surface area (Å²) >= 11 is 3.75. The summed E-state index contributed by atoms with van der Waals surface area (Å²) in [6.45, 7) is 0. The van der Waals surface area contributed by atoms with Crippen LogP contribution in [0.1, 0.15) is 0 Å². The molecule has 0 bridgehead atoms. The molecule has 0 aliphatic heterocycles. The summed E-state index contributed by atoms with van der Waals surface area (Å²) in [7, 11) is 0. The smallest absolute Gasteiger partial charge is 0.164 e. The van der Waals surface area contributed by atoms with E-state index in [9.17, 15) is 0 Å². The van der Waals surface area contributed by atoms with Crippen LogP contribution in [0, 0.1) is 0 Å². The first-order chi connectivity index (χ1) is 31.7. The summed E-state index contributed by atoms with van der Waals surface area (Å²) < 4.78 is 10.1. The predicted molar refractivity (Wildman–Crippen MR) is 271 cm³/mol. The molecule has 9 aromatic carbocycles. The Morgan fingerprint density at radius 3 is 1.16 bits per heavy atom. The Bertz CT molecular complexity index is 3930. The third kappa shape index (κ3) is 5.26. The Morgan fingerprint density at radius 2 is 0.688 bits per heavy atom. The fraction of sp³-hybridized carbons (Fsp3) is 0. The molecule has 0 unspecified atom stereocenters. The minimum absolute atomic E-state index is 0.608. The van der Waals surface area contributed by atoms with Gasteiger partial charge in [-0.15, -0.1) is 22.7 Å². The molecule has 0 aliphatic rings. The van der Waals surface area contributed by atoms with Gasteiger partial charge in [-0.25, -0.2) is 15.0 Å². The minimum Gasteiger partial charge on any atom is -0.309 e. The van der Waals surface area contributed by atoms with Crippen molar-refractivity contribution >= 4 is 107 Å². The molecule has 0 aliphatic carbocycles. The molecule has 14 rings (SSSR count). The van der Waals surface area contributed by atoms with Gasteiger partial charge < -0.3 is 9.13 Å². The molecular weight excluding hydrogens is 819 g/mol. The second-order valence-electron chi connectivity index (χ2n) is 16.4. The fourth-order valence-electron chi connectivity index (χ4n) is 9.95. The number of thiophene rings is 2. The lowest BCUT2D eigenvalue weighted by atomic mass is 10.1. The number of rotatable bonds is 5. The summed E-state index contributed by atoms with van der Waals surface area (Å²) in [4.78, 5) is 15.6. The Hall–Kier alpha value is -7.97. The lowest BCUT2D eigenvalue weighted by molar-refractivity contribution is 1.07. The van der Waals surface area contributed by atoms with Gasteiger partial charge in [0, 0.05) is 90.0 Å². The van der Waals surface area contributed by atoms with Crippen LogP contribution in [-0.4, -0.2) is 24.1 Å². The quantitative estimate of drug-likeness (QED) is 0.173. The maximum absolute atomic E-state index is 5.29. The number of hydrogen-bond donors (Lipinski definition) is 0. The molecule has 0 atom stereocenters. The monoisotopic (exact) mass is 851 g/mol. The van der Waals surface area contributed by atoms with Gasteiger partial charge in [0.05, 0.1) is 22.1 Å². The summed E-state index contributed by atoms with van der Waals surface area (Å²) in [5.41, 5.74) is 9.41. The molecule has 0 spiro atoms. The van der Waals surface area contributed by atoms with Gasteiger partial charge in [0.1, 0.15) is 0 Å². The van der Waals surface area contributed by atoms with Crippen LogP contribution >= 0.6 is 22.7 Å². The molecule has 7 heteroatoms. The maximum Gasteiger partial charge on any atom is 0.164 e. The topological polar surface area (TPSA) is 48.5 Å². The van der Waals surface area contributed by atoms with Crippen LogP contribution in [0.15, 0.2) is 200 Å². The van der Waals surface area contributed by atoms with Crippen molar-refractivity contribution in [1.29, 1.82) is 0 Å². The van der Waals surface area contributed by atoms with Crippen LogP contribution in [0.25, 0.3) is 129 Å². The number of aromatic nitrogens is 5. The number of para-hydroxylation sites is 2. The van der Waals surface area contributed by atoms with Gasteiger partial charge in [-0.3, -0.25) is 0 Å². The van der Waals surface area contributed by atoms with Crippen molar-refractivity contribution in [3.05, 3.63) is 200 Å². The van der Waals surface area contributed by atoms with Crippen molar-refractivity contribution in [3.8, 4) is 45.5 Å². The third-order valence-electron chi connectivity index (χ3n) is 12.7. The van der Waals surface area contributed by atoms with E-state index >= 15 is 0 Å². The predicted octanol–water partition coefficient (Wildman–Crippen LogP) is 15.8. The van der Waals surface area contributed by atoms with Crippen molar-refractivity contribution in [2.24, 2.45) is 0 Å². The number of hydrogen-bond acceptors (Lipinski definition) is 5. The van der Waals surface area contributed by atoms with Crippen LogP contribution in [0.3, 0.4) is 0 Å². The number of benzene rings is 9. The van der Waals surface area contributed by atoms with Crippen LogP contribution in [0.2, 0.25) is 0 Å². The molecule has 5 aromatic heterocycles. The average molecular weight is 852 g/mol. The minimum atomic E-state index is 0.608. The highest BCUT2D eigenvalue weighted by Gasteiger charge is 2.23. The highest BCUT2D eigenvalue weighted by Crippen LogP contribution is 2.46. The SMILES string of the molecule is c1ccc(-c2nc(-c3ccccc3)nc(-c3cc(-n4c5ccccc5c5c6sc7ccccc7c6ccc54)cc(-n4c5ccccc5c5c6sc7ccccc7c6ccc54)c3)n2)cc1. The largest absolute Gasteiger partial charge is 0.309 e. The van der Waals surface area contributed by atoms with Gasteiger partial charge in [0.25, 0.3) is 0 Å². The van der Waals surface area contributed by atoms with E-state index in [1.54, 1.807) is 0 Å². The molecule has 0 N–H and O–H groups in total. The van der Waals surface area contributed by atoms with E-state index in [0.717, 1.165) is 50.1 Å². The third-order valence-corrected chi connectivity index (χ3v) is 15.1. The molecule has 0 radical (unpaired) electrons. The van der Waals surface area contributed by atoms with Gasteiger partial charge in [0.15, 0.2) is 17.5 Å². The van der Waals surface area contributed by atoms with Crippen LogP contribution in [-0.2, 0) is 0 Å². The molecular formula is C57H33N5S2. The second-order valence-corrected chi connectivity index (χ2v) is 18.5. The van der Waals surface area contributed by atoms with Crippen molar-refractivity contribution in [1.82, 2.24) is 24.1 Å². The van der Waals surface area contributed by atoms with Gasteiger partial charge in [-0.1, -0.05) is 146 Å². The first-order valence-corrected chi connectivity index (χ1v) is 23.1. The molecule has 0 fully saturated rings. The summed E-state index contributed by atoms with van der Waals surface area (Å²) in [6, 6.07) is 71.8. The van der Waals surface area contributed by atoms with E-state index in [0.29, 0.717) is 17.5 Å². The van der Waals surface area contributed by atoms with Gasteiger partial charge in [-0.05, 0) is 54.6 Å². The molecule has 14 aromatic rings. The molecule has 64 heavy (non-hydrogen) atoms. The molecule has 0 saturated heterocycles. The van der Waals surface area contributed by atoms with Crippen LogP contribution < -0.4 is 0 Å². The molecule has 5 nitrogen and oxygen atoms in total. The molecule has 0 amide bonds. The fourth-order valence-corrected chi connectivity index (χ4v) is 12.5. The van der Waals surface area contributed by atoms with E-state index < -0.39 is 0 Å². The van der Waals surface area contributed by atoms with Crippen LogP contribution in [0.5, 0.6) is 0 Å². The summed E-state index contributed by atoms with van der Waals surface area (Å²) in [6.07, 6.45) is 0. The Balaban J connectivity index is 1.11. The van der Waals surface area contributed by atoms with Gasteiger partial charge in [-0.2, -0.15) is 0 Å². The van der Waals surface area contributed by atoms with Crippen molar-refractivity contribution < 1.29 is 0 Å². The Labute approximate surface area is 374 Å². The van der Waals surface area contributed by atoms with Crippen molar-refractivity contribution in [2.45, 2.75) is 0 Å². The average Bonchev–Trinajstić information content (AvgIpc) is 4.12. The van der Waals surface area contributed by atoms with E-state index in [-0.39, 0.29) is 0 Å². The number of fused-ring (bicyclic) bond motifs is 14. The first-order valence-electron chi connectivity index (χ1n) is 21.4. The van der Waals surface area contributed by atoms with E-state index in [1.807, 2.05) is 59.1 Å². The van der Waals surface area contributed by atoms with Gasteiger partial charge in [0.2, 0.25) is 0 Å². The molecule has 0 saturated carbocycles. The normalized spacial score (nSPS) is 12.1. The van der Waals surface area contributed by atoms with Crippen molar-refractivity contribution in [3.63, 3.8) is 0 Å². The Morgan fingerprint density at radius 1 is 0.297 bits per heavy atom. The zero-order valence-corrected chi connectivity index (χ0v) is 35.7. The van der Waals surface area contributed by atoms with Crippen LogP contribution in [0.4, 0.5) is 0 Å². The summed E-state index contributed by atoms with van der Waals surface area (Å²) in [5.74, 6) is 1.87. The van der Waals surface area contributed by atoms with Crippen molar-refractivity contribution in [2.75, 3.05) is 0 Å². The van der Waals surface area contributed by atoms with E-state index in [2.05, 4.69) is 173 Å². The number of nitrogens with zero attached hydrogens (tertiary/aromatic N) is 5. The highest BCUT2D eigenvalue weighted by molar-refractivity contribution is 7.27. The summed E-state index contributed by atoms with van der Waals surface area (Å²) in [5, 5.41) is 10.1. The maximum atomic E-state index is 5.29. The Kier molecular flexibility index (Phi) is 7.66. The molecule has 5 heterocycles. The highest BCUT2D eigenvalue weighted by atomic mass is 32.1. The van der Waals surface area contributed by atoms with Gasteiger partial charge >= 0.3 is 0 Å². The second kappa shape index (κ2) is 13.8. The first kappa shape index (κ1) is 35.6. The lowest BCUT2D eigenvalue weighted by Gasteiger charge is -2.16. The van der Waals surface area contributed by atoms with E-state index in [1.165, 1.54) is 61.9 Å². The zero-order chi connectivity index (χ0) is 41.9. The zero-order valence-electron chi connectivity index (χ0n) is 34.1. The molecule has 298 valence electrons. The lowest BCUT2D eigenvalue weighted by Crippen LogP contribution is -2.03. The standard InChI is InChI=1S/C57H33N5S2/c1-3-15-34(16-4-1)55-58-56(35-17-5-2-6-18-35)60-57(59-55)36-31-37(61-45-23-11-7-21-43(45)51-47(61)29-27-41-39-19-9-13-25-49(39)63-53(41)51)33-38(32-36)62-46-24-12-8-22-44(46)52-48(62)30-28-42-40-20-10-14-26-50(40)64-54(42)52/h1-33H. The van der Waals surface area contributed by atoms with E-state index in [4.69, 9.17) is 15.0 Å².